The zero-order valence-electron chi connectivity index (χ0n) is 14.2. The second kappa shape index (κ2) is 11.0. The van der Waals surface area contributed by atoms with Gasteiger partial charge in [0.2, 0.25) is 0 Å². The molecule has 0 saturated carbocycles. The number of carbonyl (C=O) groups is 1. The Labute approximate surface area is 131 Å². The molecule has 0 bridgehead atoms. The first kappa shape index (κ1) is 20.3. The normalized spacial score (nSPS) is 15.7. The van der Waals surface area contributed by atoms with Crippen molar-refractivity contribution in [3.8, 4) is 0 Å². The molecule has 0 heterocycles. The van der Waals surface area contributed by atoms with Gasteiger partial charge in [0.15, 0.2) is 9.76 Å². The summed E-state index contributed by atoms with van der Waals surface area (Å²) in [5.74, 6) is -0.409. The minimum Gasteiger partial charge on any atom is -0.469 e. The molecule has 0 amide bonds. The van der Waals surface area contributed by atoms with Crippen molar-refractivity contribution < 1.29 is 19.1 Å². The van der Waals surface area contributed by atoms with E-state index >= 15 is 0 Å². The number of hydrogen-bond acceptors (Lipinski definition) is 4. The molecule has 0 saturated heterocycles. The number of esters is 1. The summed E-state index contributed by atoms with van der Waals surface area (Å²) in [6.45, 7) is 8.57. The van der Waals surface area contributed by atoms with Gasteiger partial charge in [-0.05, 0) is 17.9 Å². The summed E-state index contributed by atoms with van der Waals surface area (Å²) in [4.78, 5) is 11.3. The molecule has 2 unspecified atom stereocenters. The van der Waals surface area contributed by atoms with Gasteiger partial charge in [-0.25, -0.2) is 0 Å². The molecule has 21 heavy (non-hydrogen) atoms. The van der Waals surface area contributed by atoms with Gasteiger partial charge in [-0.15, -0.1) is 0 Å². The number of rotatable bonds is 10. The highest BCUT2D eigenvalue weighted by atomic mass is 28.2. The molecule has 124 valence electrons. The molecule has 4 nitrogen and oxygen atoms in total. The van der Waals surface area contributed by atoms with Crippen LogP contribution in [0.2, 0.25) is 5.04 Å². The minimum atomic E-state index is -0.838. The molecular formula is C16H32O4Si. The molecule has 0 aliphatic rings. The Hall–Kier alpha value is -0.653. The molecule has 0 spiro atoms. The van der Waals surface area contributed by atoms with Gasteiger partial charge in [0.25, 0.3) is 0 Å². The number of hydrogen-bond donors (Lipinski definition) is 1. The first-order chi connectivity index (χ1) is 9.80. The minimum absolute atomic E-state index is 0.0288. The van der Waals surface area contributed by atoms with Crippen LogP contribution in [0.4, 0.5) is 0 Å². The smallest absolute Gasteiger partial charge is 0.308 e. The number of aliphatic hydroxyl groups is 1. The lowest BCUT2D eigenvalue weighted by atomic mass is 10.1. The lowest BCUT2D eigenvalue weighted by molar-refractivity contribution is -0.143. The maximum Gasteiger partial charge on any atom is 0.308 e. The van der Waals surface area contributed by atoms with Crippen LogP contribution in [0.3, 0.4) is 0 Å². The van der Waals surface area contributed by atoms with Crippen LogP contribution >= 0.6 is 0 Å². The topological polar surface area (TPSA) is 55.8 Å². The van der Waals surface area contributed by atoms with Crippen LogP contribution in [-0.4, -0.2) is 40.2 Å². The van der Waals surface area contributed by atoms with Crippen molar-refractivity contribution >= 4 is 15.7 Å². The molecule has 0 aromatic heterocycles. The molecule has 0 aliphatic carbocycles. The van der Waals surface area contributed by atoms with Crippen molar-refractivity contribution in [2.24, 2.45) is 0 Å². The lowest BCUT2D eigenvalue weighted by Crippen LogP contribution is -2.33. The summed E-state index contributed by atoms with van der Waals surface area (Å²) in [5, 5.41) is 10.3. The van der Waals surface area contributed by atoms with Crippen molar-refractivity contribution in [2.75, 3.05) is 7.11 Å². The van der Waals surface area contributed by atoms with Crippen LogP contribution < -0.4 is 0 Å². The Morgan fingerprint density at radius 3 is 2.52 bits per heavy atom. The van der Waals surface area contributed by atoms with Gasteiger partial charge in [-0.3, -0.25) is 4.79 Å². The van der Waals surface area contributed by atoms with Crippen LogP contribution in [0.1, 0.15) is 59.8 Å². The van der Waals surface area contributed by atoms with Crippen LogP contribution in [0, 0.1) is 0 Å². The first-order valence-corrected chi connectivity index (χ1v) is 9.11. The van der Waals surface area contributed by atoms with E-state index < -0.39 is 27.9 Å². The van der Waals surface area contributed by atoms with E-state index in [-0.39, 0.29) is 11.5 Å². The van der Waals surface area contributed by atoms with Gasteiger partial charge in [0.05, 0.1) is 25.7 Å². The molecule has 0 radical (unpaired) electrons. The Balaban J connectivity index is 4.48. The molecule has 5 heteroatoms. The Kier molecular flexibility index (Phi) is 10.6. The predicted molar refractivity (Wildman–Crippen MR) is 89.1 cm³/mol. The van der Waals surface area contributed by atoms with E-state index in [9.17, 15) is 9.90 Å². The molecule has 1 N–H and O–H groups in total. The third kappa shape index (κ3) is 11.7. The van der Waals surface area contributed by atoms with E-state index in [0.29, 0.717) is 0 Å². The monoisotopic (exact) mass is 316 g/mol. The molecule has 0 rings (SSSR count). The van der Waals surface area contributed by atoms with Crippen LogP contribution in [0.25, 0.3) is 0 Å². The maximum absolute atomic E-state index is 11.3. The average molecular weight is 317 g/mol. The van der Waals surface area contributed by atoms with Gasteiger partial charge in [-0.2, -0.15) is 0 Å². The maximum atomic E-state index is 11.3. The van der Waals surface area contributed by atoms with Gasteiger partial charge in [-0.1, -0.05) is 52.7 Å². The Morgan fingerprint density at radius 1 is 1.33 bits per heavy atom. The Bertz CT molecular complexity index is 310. The van der Waals surface area contributed by atoms with Gasteiger partial charge in [0, 0.05) is 0 Å². The summed E-state index contributed by atoms with van der Waals surface area (Å²) in [5.41, 5.74) is 0. The number of methoxy groups -OCH3 is 1. The Morgan fingerprint density at radius 2 is 2.00 bits per heavy atom. The van der Waals surface area contributed by atoms with E-state index in [0.717, 1.165) is 12.8 Å². The highest BCUT2D eigenvalue weighted by Gasteiger charge is 2.23. The van der Waals surface area contributed by atoms with Crippen molar-refractivity contribution in [1.29, 1.82) is 0 Å². The fourth-order valence-electron chi connectivity index (χ4n) is 1.75. The van der Waals surface area contributed by atoms with E-state index in [2.05, 4.69) is 38.5 Å². The second-order valence-electron chi connectivity index (χ2n) is 6.61. The summed E-state index contributed by atoms with van der Waals surface area (Å²) in [7, 11) is 0.541. The van der Waals surface area contributed by atoms with Crippen molar-refractivity contribution in [2.45, 2.75) is 77.0 Å². The molecule has 0 aromatic carbocycles. The number of ether oxygens (including phenoxy) is 1. The zero-order chi connectivity index (χ0) is 16.3. The number of allylic oxidation sites excluding steroid dienone is 1. The van der Waals surface area contributed by atoms with Crippen LogP contribution in [-0.2, 0) is 14.0 Å². The molecule has 2 atom stereocenters. The average Bonchev–Trinajstić information content (AvgIpc) is 2.40. The summed E-state index contributed by atoms with van der Waals surface area (Å²) in [6, 6.07) is 0. The molecular weight excluding hydrogens is 284 g/mol. The van der Waals surface area contributed by atoms with E-state index in [4.69, 9.17) is 4.43 Å². The lowest BCUT2D eigenvalue weighted by Gasteiger charge is -2.25. The zero-order valence-corrected chi connectivity index (χ0v) is 15.6. The molecule has 0 aromatic rings. The summed E-state index contributed by atoms with van der Waals surface area (Å²) in [6.07, 6.45) is 7.21. The second-order valence-corrected chi connectivity index (χ2v) is 9.35. The number of unbranched alkanes of at least 4 members (excludes halogenated alkanes) is 3. The van der Waals surface area contributed by atoms with Crippen molar-refractivity contribution in [3.05, 3.63) is 12.2 Å². The van der Waals surface area contributed by atoms with Crippen LogP contribution in [0.15, 0.2) is 12.2 Å². The fraction of sp³-hybridized carbons (Fsp3) is 0.812. The fourth-order valence-corrected chi connectivity index (χ4v) is 2.78. The van der Waals surface area contributed by atoms with E-state index in [1.807, 2.05) is 6.08 Å². The highest BCUT2D eigenvalue weighted by Crippen LogP contribution is 2.22. The third-order valence-corrected chi connectivity index (χ3v) is 4.41. The van der Waals surface area contributed by atoms with Gasteiger partial charge in [0.1, 0.15) is 0 Å². The summed E-state index contributed by atoms with van der Waals surface area (Å²) >= 11 is 0. The quantitative estimate of drug-likeness (QED) is 0.291. The van der Waals surface area contributed by atoms with E-state index in [1.165, 1.54) is 20.0 Å². The molecule has 0 fully saturated rings. The highest BCUT2D eigenvalue weighted by molar-refractivity contribution is 6.31. The first-order valence-electron chi connectivity index (χ1n) is 7.83. The SMILES string of the molecule is CCCCCC=CC(O[SiH2]C(C)(C)C)C(O)CC(=O)OC. The van der Waals surface area contributed by atoms with Crippen LogP contribution in [0.5, 0.6) is 0 Å². The summed E-state index contributed by atoms with van der Waals surface area (Å²) < 4.78 is 10.5. The number of carbonyl (C=O) groups excluding carboxylic acids is 1. The third-order valence-electron chi connectivity index (χ3n) is 2.99. The standard InChI is InChI=1S/C16H32O4Si/c1-6-7-8-9-10-11-14(20-21-16(2,3)4)13(17)12-15(18)19-5/h10-11,13-14,17H,6-9,12,21H2,1-5H3. The van der Waals surface area contributed by atoms with Gasteiger partial charge >= 0.3 is 5.97 Å². The molecule has 0 aliphatic heterocycles. The van der Waals surface area contributed by atoms with Crippen molar-refractivity contribution in [1.82, 2.24) is 0 Å². The number of aliphatic hydroxyl groups excluding tert-OH is 1. The van der Waals surface area contributed by atoms with E-state index in [1.54, 1.807) is 0 Å². The van der Waals surface area contributed by atoms with Gasteiger partial charge < -0.3 is 14.3 Å². The largest absolute Gasteiger partial charge is 0.469 e. The van der Waals surface area contributed by atoms with Crippen molar-refractivity contribution in [3.63, 3.8) is 0 Å². The predicted octanol–water partition coefficient (Wildman–Crippen LogP) is 2.73.